The maximum absolute atomic E-state index is 14.0. The van der Waals surface area contributed by atoms with E-state index >= 15 is 0 Å². The molecule has 2 heterocycles. The van der Waals surface area contributed by atoms with Crippen LogP contribution in [0.3, 0.4) is 0 Å². The average Bonchev–Trinajstić information content (AvgIpc) is 3.53. The number of aromatic nitrogens is 6. The number of hydrogen-bond acceptors (Lipinski definition) is 8. The summed E-state index contributed by atoms with van der Waals surface area (Å²) in [4.78, 5) is 29.8. The van der Waals surface area contributed by atoms with E-state index in [1.54, 1.807) is 18.2 Å². The summed E-state index contributed by atoms with van der Waals surface area (Å²) in [6.45, 7) is -2.06. The van der Waals surface area contributed by atoms with Crippen molar-refractivity contribution in [3.05, 3.63) is 112 Å². The van der Waals surface area contributed by atoms with E-state index in [9.17, 15) is 32.3 Å². The fourth-order valence-corrected chi connectivity index (χ4v) is 4.16. The maximum atomic E-state index is 14.0. The van der Waals surface area contributed by atoms with Crippen LogP contribution in [0.1, 0.15) is 11.6 Å². The van der Waals surface area contributed by atoms with Crippen LogP contribution in [0.25, 0.3) is 17.1 Å². The van der Waals surface area contributed by atoms with E-state index in [-0.39, 0.29) is 34.5 Å². The van der Waals surface area contributed by atoms with E-state index in [0.29, 0.717) is 9.59 Å². The summed E-state index contributed by atoms with van der Waals surface area (Å²) in [7, 11) is 0. The lowest BCUT2D eigenvalue weighted by Crippen LogP contribution is -2.37. The SMILES string of the molecule is O=C(OCc1nc(Cn2nc(-c3ccc(Cl)cc3)n(CC(O)C(F)(F)F)c2=O)nn1-c1cccc(F)c1)Oc1ccccc1. The fraction of sp³-hybridized carbons (Fsp3) is 0.179. The second-order valence-electron chi connectivity index (χ2n) is 9.23. The van der Waals surface area contributed by atoms with Crippen molar-refractivity contribution < 1.29 is 36.9 Å². The van der Waals surface area contributed by atoms with E-state index in [1.165, 1.54) is 59.3 Å². The highest BCUT2D eigenvalue weighted by molar-refractivity contribution is 6.30. The Balaban J connectivity index is 1.47. The molecular weight excluding hydrogens is 612 g/mol. The zero-order chi connectivity index (χ0) is 31.4. The monoisotopic (exact) mass is 632 g/mol. The van der Waals surface area contributed by atoms with Crippen LogP contribution in [0.5, 0.6) is 5.75 Å². The molecule has 228 valence electrons. The molecule has 0 aliphatic rings. The second-order valence-corrected chi connectivity index (χ2v) is 9.66. The Kier molecular flexibility index (Phi) is 8.78. The zero-order valence-electron chi connectivity index (χ0n) is 22.4. The quantitative estimate of drug-likeness (QED) is 0.140. The predicted octanol–water partition coefficient (Wildman–Crippen LogP) is 4.77. The molecule has 5 rings (SSSR count). The van der Waals surface area contributed by atoms with Gasteiger partial charge in [0.05, 0.1) is 12.2 Å². The molecular formula is C28H21ClF4N6O5. The number of para-hydroxylation sites is 1. The summed E-state index contributed by atoms with van der Waals surface area (Å²) in [5.74, 6) is -0.608. The smallest absolute Gasteiger partial charge is 0.426 e. The van der Waals surface area contributed by atoms with E-state index in [4.69, 9.17) is 21.1 Å². The first-order valence-electron chi connectivity index (χ1n) is 12.8. The van der Waals surface area contributed by atoms with Gasteiger partial charge < -0.3 is 14.6 Å². The van der Waals surface area contributed by atoms with Crippen molar-refractivity contribution in [2.24, 2.45) is 0 Å². The number of carbonyl (C=O) groups excluding carboxylic acids is 1. The van der Waals surface area contributed by atoms with Crippen LogP contribution >= 0.6 is 11.6 Å². The number of hydrogen-bond donors (Lipinski definition) is 1. The van der Waals surface area contributed by atoms with Crippen molar-refractivity contribution in [3.8, 4) is 22.8 Å². The van der Waals surface area contributed by atoms with Gasteiger partial charge in [-0.2, -0.15) is 13.2 Å². The third kappa shape index (κ3) is 7.12. The third-order valence-corrected chi connectivity index (χ3v) is 6.34. The minimum Gasteiger partial charge on any atom is -0.426 e. The molecule has 2 aromatic heterocycles. The Morgan fingerprint density at radius 2 is 1.73 bits per heavy atom. The molecule has 16 heteroatoms. The number of rotatable bonds is 9. The van der Waals surface area contributed by atoms with Crippen LogP contribution in [0.2, 0.25) is 5.02 Å². The topological polar surface area (TPSA) is 126 Å². The first-order chi connectivity index (χ1) is 21.0. The van der Waals surface area contributed by atoms with Crippen LogP contribution in [-0.4, -0.2) is 52.7 Å². The second kappa shape index (κ2) is 12.7. The van der Waals surface area contributed by atoms with Crippen molar-refractivity contribution in [2.75, 3.05) is 0 Å². The van der Waals surface area contributed by atoms with E-state index in [2.05, 4.69) is 15.2 Å². The number of benzene rings is 3. The first kappa shape index (κ1) is 30.4. The molecule has 1 unspecified atom stereocenters. The van der Waals surface area contributed by atoms with Gasteiger partial charge in [0.1, 0.15) is 18.1 Å². The third-order valence-electron chi connectivity index (χ3n) is 6.08. The Bertz CT molecular complexity index is 1820. The van der Waals surface area contributed by atoms with Crippen LogP contribution in [0.4, 0.5) is 22.4 Å². The van der Waals surface area contributed by atoms with Gasteiger partial charge in [0, 0.05) is 10.6 Å². The summed E-state index contributed by atoms with van der Waals surface area (Å²) in [5.41, 5.74) is -0.541. The zero-order valence-corrected chi connectivity index (χ0v) is 23.1. The van der Waals surface area contributed by atoms with Crippen molar-refractivity contribution in [1.82, 2.24) is 29.1 Å². The molecule has 11 nitrogen and oxygen atoms in total. The van der Waals surface area contributed by atoms with Crippen LogP contribution in [-0.2, 0) is 24.4 Å². The molecule has 0 fully saturated rings. The number of carbonyl (C=O) groups is 1. The van der Waals surface area contributed by atoms with Gasteiger partial charge in [0.15, 0.2) is 30.2 Å². The number of aliphatic hydroxyl groups is 1. The summed E-state index contributed by atoms with van der Waals surface area (Å²) >= 11 is 5.93. The van der Waals surface area contributed by atoms with E-state index in [0.717, 1.165) is 10.7 Å². The summed E-state index contributed by atoms with van der Waals surface area (Å²) in [6, 6.07) is 19.2. The van der Waals surface area contributed by atoms with Crippen LogP contribution < -0.4 is 10.4 Å². The van der Waals surface area contributed by atoms with Gasteiger partial charge in [-0.1, -0.05) is 35.9 Å². The van der Waals surface area contributed by atoms with Gasteiger partial charge in [-0.15, -0.1) is 10.2 Å². The highest BCUT2D eigenvalue weighted by Crippen LogP contribution is 2.24. The first-order valence-corrected chi connectivity index (χ1v) is 13.1. The van der Waals surface area contributed by atoms with E-state index in [1.807, 2.05) is 0 Å². The number of halogens is 5. The molecule has 1 N–H and O–H groups in total. The van der Waals surface area contributed by atoms with Gasteiger partial charge in [-0.05, 0) is 54.6 Å². The number of alkyl halides is 3. The number of nitrogens with zero attached hydrogens (tertiary/aromatic N) is 6. The highest BCUT2D eigenvalue weighted by Gasteiger charge is 2.39. The molecule has 0 saturated carbocycles. The molecule has 0 amide bonds. The lowest BCUT2D eigenvalue weighted by molar-refractivity contribution is -0.207. The molecule has 0 saturated heterocycles. The van der Waals surface area contributed by atoms with Gasteiger partial charge in [-0.25, -0.2) is 28.3 Å². The highest BCUT2D eigenvalue weighted by atomic mass is 35.5. The van der Waals surface area contributed by atoms with Crippen molar-refractivity contribution in [3.63, 3.8) is 0 Å². The molecule has 5 aromatic rings. The van der Waals surface area contributed by atoms with Crippen molar-refractivity contribution >= 4 is 17.8 Å². The van der Waals surface area contributed by atoms with Crippen molar-refractivity contribution in [1.29, 1.82) is 0 Å². The van der Waals surface area contributed by atoms with Gasteiger partial charge in [0.25, 0.3) is 0 Å². The summed E-state index contributed by atoms with van der Waals surface area (Å²) < 4.78 is 66.5. The Hall–Kier alpha value is -5.02. The number of ether oxygens (including phenoxy) is 2. The molecule has 1 atom stereocenters. The molecule has 0 aliphatic heterocycles. The fourth-order valence-electron chi connectivity index (χ4n) is 4.04. The Morgan fingerprint density at radius 3 is 2.41 bits per heavy atom. The molecule has 44 heavy (non-hydrogen) atoms. The van der Waals surface area contributed by atoms with Crippen LogP contribution in [0.15, 0.2) is 83.7 Å². The molecule has 3 aromatic carbocycles. The number of aliphatic hydroxyl groups excluding tert-OH is 1. The molecule has 0 bridgehead atoms. The standard InChI is InChI=1S/C28H21ClF4N6O5/c29-18-11-9-17(10-12-18)25-36-38(26(41)37(25)14-22(40)28(31,32)33)15-23-34-24(39(35-23)20-6-4-5-19(30)13-20)16-43-27(42)44-21-7-2-1-3-8-21/h1-13,22,40H,14-16H2. The molecule has 0 aliphatic carbocycles. The van der Waals surface area contributed by atoms with Gasteiger partial charge >= 0.3 is 18.0 Å². The summed E-state index contributed by atoms with van der Waals surface area (Å²) in [5, 5.41) is 18.5. The minimum atomic E-state index is -5.00. The van der Waals surface area contributed by atoms with Gasteiger partial charge in [0.2, 0.25) is 0 Å². The average molecular weight is 633 g/mol. The Morgan fingerprint density at radius 1 is 1.00 bits per heavy atom. The van der Waals surface area contributed by atoms with E-state index < -0.39 is 49.6 Å². The van der Waals surface area contributed by atoms with Gasteiger partial charge in [-0.3, -0.25) is 4.57 Å². The minimum absolute atomic E-state index is 0.00788. The molecule has 0 spiro atoms. The lowest BCUT2D eigenvalue weighted by atomic mass is 10.2. The van der Waals surface area contributed by atoms with Crippen LogP contribution in [0, 0.1) is 5.82 Å². The Labute approximate surface area is 250 Å². The maximum Gasteiger partial charge on any atom is 0.514 e. The molecule has 0 radical (unpaired) electrons. The summed E-state index contributed by atoms with van der Waals surface area (Å²) in [6.07, 6.45) is -8.91. The van der Waals surface area contributed by atoms with Crippen molar-refractivity contribution in [2.45, 2.75) is 32.0 Å². The lowest BCUT2D eigenvalue weighted by Gasteiger charge is -2.15. The largest absolute Gasteiger partial charge is 0.514 e. The normalized spacial score (nSPS) is 12.2. The predicted molar refractivity (Wildman–Crippen MR) is 147 cm³/mol.